The van der Waals surface area contributed by atoms with Crippen molar-refractivity contribution in [2.45, 2.75) is 51.6 Å². The minimum absolute atomic E-state index is 0.351. The minimum atomic E-state index is -3.81. The first kappa shape index (κ1) is 22.2. The van der Waals surface area contributed by atoms with Gasteiger partial charge in [-0.15, -0.1) is 0 Å². The van der Waals surface area contributed by atoms with Gasteiger partial charge in [-0.05, 0) is 73.6 Å². The van der Waals surface area contributed by atoms with E-state index in [1.165, 1.54) is 0 Å². The molecule has 0 aliphatic rings. The highest BCUT2D eigenvalue weighted by Crippen LogP contribution is 2.33. The van der Waals surface area contributed by atoms with Crippen LogP contribution in [0.5, 0.6) is 0 Å². The van der Waals surface area contributed by atoms with Crippen molar-refractivity contribution < 1.29 is 8.42 Å². The number of rotatable bonds is 6. The van der Waals surface area contributed by atoms with E-state index in [4.69, 9.17) is 5.73 Å². The lowest BCUT2D eigenvalue weighted by molar-refractivity contribution is 0.503. The predicted molar refractivity (Wildman–Crippen MR) is 123 cm³/mol. The zero-order chi connectivity index (χ0) is 22.1. The molecule has 0 amide bonds. The summed E-state index contributed by atoms with van der Waals surface area (Å²) < 4.78 is 30.2. The molecule has 0 radical (unpaired) electrons. The van der Waals surface area contributed by atoms with Crippen molar-refractivity contribution in [3.8, 4) is 0 Å². The largest absolute Gasteiger partial charge is 0.322 e. The van der Waals surface area contributed by atoms with Crippen molar-refractivity contribution >= 4 is 10.0 Å². The van der Waals surface area contributed by atoms with Crippen LogP contribution in [0.1, 0.15) is 51.0 Å². The highest BCUT2D eigenvalue weighted by Gasteiger charge is 2.30. The maximum Gasteiger partial charge on any atom is 0.241 e. The van der Waals surface area contributed by atoms with Gasteiger partial charge >= 0.3 is 0 Å². The first-order chi connectivity index (χ1) is 14.1. The molecule has 158 valence electrons. The number of nitrogens with one attached hydrogen (secondary N) is 1. The molecule has 0 saturated heterocycles. The smallest absolute Gasteiger partial charge is 0.241 e. The van der Waals surface area contributed by atoms with E-state index in [2.05, 4.69) is 4.72 Å². The quantitative estimate of drug-likeness (QED) is 0.590. The van der Waals surface area contributed by atoms with E-state index in [-0.39, 0.29) is 0 Å². The van der Waals surface area contributed by atoms with E-state index in [0.29, 0.717) is 4.90 Å². The Morgan fingerprint density at radius 2 is 1.07 bits per heavy atom. The van der Waals surface area contributed by atoms with Crippen molar-refractivity contribution in [2.75, 3.05) is 0 Å². The van der Waals surface area contributed by atoms with Crippen LogP contribution in [0, 0.1) is 34.6 Å². The Balaban J connectivity index is 2.12. The third kappa shape index (κ3) is 4.19. The van der Waals surface area contributed by atoms with E-state index in [1.54, 1.807) is 0 Å². The summed E-state index contributed by atoms with van der Waals surface area (Å²) in [5.74, 6) is 0. The van der Waals surface area contributed by atoms with Gasteiger partial charge in [-0.1, -0.05) is 60.7 Å². The summed E-state index contributed by atoms with van der Waals surface area (Å²) in [6, 6.07) is 18.0. The molecular weight excluding hydrogens is 392 g/mol. The Labute approximate surface area is 180 Å². The molecule has 0 fully saturated rings. The molecule has 0 aliphatic heterocycles. The Morgan fingerprint density at radius 1 is 0.667 bits per heavy atom. The molecule has 3 aromatic carbocycles. The van der Waals surface area contributed by atoms with Crippen LogP contribution in [0.2, 0.25) is 0 Å². The number of sulfonamides is 1. The lowest BCUT2D eigenvalue weighted by Crippen LogP contribution is -2.36. The number of nitrogens with two attached hydrogens (primary N) is 1. The molecule has 3 aromatic rings. The molecule has 5 heteroatoms. The van der Waals surface area contributed by atoms with Crippen molar-refractivity contribution in [3.05, 3.63) is 99.6 Å². The SMILES string of the molecule is Cc1c(C)c(C)c(S(=O)(=O)N[C@@H](c2ccccc2)[C@@H](N)c2ccccc2)c(C)c1C. The van der Waals surface area contributed by atoms with Crippen molar-refractivity contribution in [3.63, 3.8) is 0 Å². The van der Waals surface area contributed by atoms with Gasteiger partial charge in [-0.2, -0.15) is 0 Å². The van der Waals surface area contributed by atoms with Gasteiger partial charge in [0.2, 0.25) is 10.0 Å². The summed E-state index contributed by atoms with van der Waals surface area (Å²) in [5, 5.41) is 0. The van der Waals surface area contributed by atoms with Crippen molar-refractivity contribution in [2.24, 2.45) is 5.73 Å². The maximum atomic E-state index is 13.6. The second-order valence-corrected chi connectivity index (χ2v) is 9.55. The van der Waals surface area contributed by atoms with Gasteiger partial charge in [0.25, 0.3) is 0 Å². The summed E-state index contributed by atoms with van der Waals surface area (Å²) in [4.78, 5) is 0.351. The van der Waals surface area contributed by atoms with Crippen LogP contribution in [0.15, 0.2) is 65.6 Å². The van der Waals surface area contributed by atoms with Crippen LogP contribution < -0.4 is 10.5 Å². The molecule has 0 heterocycles. The fraction of sp³-hybridized carbons (Fsp3) is 0.280. The van der Waals surface area contributed by atoms with Crippen LogP contribution in [-0.2, 0) is 10.0 Å². The number of benzene rings is 3. The van der Waals surface area contributed by atoms with E-state index < -0.39 is 22.1 Å². The average Bonchev–Trinajstić information content (AvgIpc) is 2.75. The van der Waals surface area contributed by atoms with Gasteiger partial charge in [-0.25, -0.2) is 13.1 Å². The molecule has 30 heavy (non-hydrogen) atoms. The first-order valence-electron chi connectivity index (χ1n) is 10.1. The number of hydrogen-bond acceptors (Lipinski definition) is 3. The molecule has 3 N–H and O–H groups in total. The van der Waals surface area contributed by atoms with Gasteiger partial charge in [0.15, 0.2) is 0 Å². The zero-order valence-electron chi connectivity index (χ0n) is 18.2. The van der Waals surface area contributed by atoms with E-state index >= 15 is 0 Å². The standard InChI is InChI=1S/C25H30N2O2S/c1-16-17(2)19(4)25(20(5)18(16)3)30(28,29)27-24(22-14-10-7-11-15-22)23(26)21-12-8-6-9-13-21/h6-15,23-24,27H,26H2,1-5H3/t23-,24-/m0/s1. The minimum Gasteiger partial charge on any atom is -0.322 e. The van der Waals surface area contributed by atoms with Crippen molar-refractivity contribution in [1.82, 2.24) is 4.72 Å². The second-order valence-electron chi connectivity index (χ2n) is 7.90. The summed E-state index contributed by atoms with van der Waals surface area (Å²) in [6.07, 6.45) is 0. The molecule has 0 saturated carbocycles. The van der Waals surface area contributed by atoms with Gasteiger partial charge in [-0.3, -0.25) is 0 Å². The molecule has 4 nitrogen and oxygen atoms in total. The highest BCUT2D eigenvalue weighted by atomic mass is 32.2. The lowest BCUT2D eigenvalue weighted by Gasteiger charge is -2.27. The van der Waals surface area contributed by atoms with Gasteiger partial charge in [0.05, 0.1) is 17.0 Å². The van der Waals surface area contributed by atoms with E-state index in [0.717, 1.165) is 38.9 Å². The molecule has 0 aromatic heterocycles. The van der Waals surface area contributed by atoms with E-state index in [9.17, 15) is 8.42 Å². The molecular formula is C25H30N2O2S. The van der Waals surface area contributed by atoms with Crippen LogP contribution in [0.25, 0.3) is 0 Å². The topological polar surface area (TPSA) is 72.2 Å². The van der Waals surface area contributed by atoms with Gasteiger partial charge in [0.1, 0.15) is 0 Å². The van der Waals surface area contributed by atoms with Crippen LogP contribution >= 0.6 is 0 Å². The Hall–Kier alpha value is -2.47. The summed E-state index contributed by atoms with van der Waals surface area (Å²) in [7, 11) is -3.81. The molecule has 0 spiro atoms. The molecule has 3 rings (SSSR count). The van der Waals surface area contributed by atoms with E-state index in [1.807, 2.05) is 95.3 Å². The normalized spacial score (nSPS) is 13.8. The predicted octanol–water partition coefficient (Wildman–Crippen LogP) is 4.95. The lowest BCUT2D eigenvalue weighted by atomic mass is 9.95. The zero-order valence-corrected chi connectivity index (χ0v) is 19.0. The average molecular weight is 423 g/mol. The Morgan fingerprint density at radius 3 is 1.53 bits per heavy atom. The maximum absolute atomic E-state index is 13.6. The highest BCUT2D eigenvalue weighted by molar-refractivity contribution is 7.89. The van der Waals surface area contributed by atoms with Crippen LogP contribution in [0.4, 0.5) is 0 Å². The van der Waals surface area contributed by atoms with Gasteiger partial charge < -0.3 is 5.73 Å². The number of hydrogen-bond donors (Lipinski definition) is 2. The third-order valence-corrected chi connectivity index (χ3v) is 7.90. The Kier molecular flexibility index (Phi) is 6.46. The molecule has 2 atom stereocenters. The first-order valence-corrected chi connectivity index (χ1v) is 11.6. The van der Waals surface area contributed by atoms with Gasteiger partial charge in [0, 0.05) is 0 Å². The van der Waals surface area contributed by atoms with Crippen LogP contribution in [0.3, 0.4) is 0 Å². The summed E-state index contributed by atoms with van der Waals surface area (Å²) in [5.41, 5.74) is 13.0. The third-order valence-electron chi connectivity index (χ3n) is 6.18. The monoisotopic (exact) mass is 422 g/mol. The van der Waals surface area contributed by atoms with Crippen molar-refractivity contribution in [1.29, 1.82) is 0 Å². The molecule has 0 unspecified atom stereocenters. The van der Waals surface area contributed by atoms with Crippen LogP contribution in [-0.4, -0.2) is 8.42 Å². The fourth-order valence-corrected chi connectivity index (χ4v) is 5.82. The Bertz CT molecular complexity index is 1110. The molecule has 0 bridgehead atoms. The fourth-order valence-electron chi connectivity index (χ4n) is 3.97. The summed E-state index contributed by atoms with van der Waals surface area (Å²) >= 11 is 0. The summed E-state index contributed by atoms with van der Waals surface area (Å²) in [6.45, 7) is 9.73. The second kappa shape index (κ2) is 8.72. The molecule has 0 aliphatic carbocycles.